The lowest BCUT2D eigenvalue weighted by molar-refractivity contribution is 0.999. The van der Waals surface area contributed by atoms with E-state index in [0.717, 1.165) is 5.56 Å². The quantitative estimate of drug-likeness (QED) is 0.825. The summed E-state index contributed by atoms with van der Waals surface area (Å²) in [5, 5.41) is 0.600. The smallest absolute Gasteiger partial charge is 0.254 e. The SMILES string of the molecule is Cc1nc(-c2ccccc2Cl)c(C)c(=O)[nH]1. The van der Waals surface area contributed by atoms with Gasteiger partial charge in [0.1, 0.15) is 5.82 Å². The van der Waals surface area contributed by atoms with Gasteiger partial charge in [0.05, 0.1) is 5.69 Å². The van der Waals surface area contributed by atoms with E-state index in [1.54, 1.807) is 19.9 Å². The van der Waals surface area contributed by atoms with Gasteiger partial charge in [0.25, 0.3) is 5.56 Å². The molecule has 82 valence electrons. The standard InChI is InChI=1S/C12H11ClN2O/c1-7-11(14-8(2)15-12(7)16)9-5-3-4-6-10(9)13/h3-6H,1-2H3,(H,14,15,16). The van der Waals surface area contributed by atoms with Crippen LogP contribution in [-0.4, -0.2) is 9.97 Å². The zero-order valence-corrected chi connectivity index (χ0v) is 9.80. The summed E-state index contributed by atoms with van der Waals surface area (Å²) in [6, 6.07) is 7.37. The molecule has 1 N–H and O–H groups in total. The molecule has 0 spiro atoms. The molecule has 0 fully saturated rings. The van der Waals surface area contributed by atoms with Gasteiger partial charge >= 0.3 is 0 Å². The maximum absolute atomic E-state index is 11.6. The fourth-order valence-electron chi connectivity index (χ4n) is 1.56. The molecule has 0 radical (unpaired) electrons. The van der Waals surface area contributed by atoms with E-state index in [9.17, 15) is 4.79 Å². The van der Waals surface area contributed by atoms with Crippen molar-refractivity contribution < 1.29 is 0 Å². The van der Waals surface area contributed by atoms with Gasteiger partial charge in [0.15, 0.2) is 0 Å². The molecule has 0 saturated carbocycles. The summed E-state index contributed by atoms with van der Waals surface area (Å²) in [7, 11) is 0. The maximum atomic E-state index is 11.6. The largest absolute Gasteiger partial charge is 0.311 e. The highest BCUT2D eigenvalue weighted by molar-refractivity contribution is 6.33. The van der Waals surface area contributed by atoms with Crippen molar-refractivity contribution in [3.05, 3.63) is 51.0 Å². The number of aryl methyl sites for hydroxylation is 1. The molecule has 0 atom stereocenters. The average Bonchev–Trinajstić information content (AvgIpc) is 2.24. The molecule has 1 aromatic carbocycles. The highest BCUT2D eigenvalue weighted by atomic mass is 35.5. The Bertz CT molecular complexity index is 590. The first kappa shape index (κ1) is 10.9. The number of hydrogen-bond donors (Lipinski definition) is 1. The van der Waals surface area contributed by atoms with Crippen molar-refractivity contribution >= 4 is 11.6 Å². The van der Waals surface area contributed by atoms with E-state index in [0.29, 0.717) is 22.1 Å². The van der Waals surface area contributed by atoms with Gasteiger partial charge in [-0.1, -0.05) is 29.8 Å². The number of halogens is 1. The Morgan fingerprint density at radius 3 is 2.62 bits per heavy atom. The van der Waals surface area contributed by atoms with E-state index < -0.39 is 0 Å². The van der Waals surface area contributed by atoms with Crippen LogP contribution in [0.1, 0.15) is 11.4 Å². The molecule has 0 aliphatic rings. The molecular formula is C12H11ClN2O. The second kappa shape index (κ2) is 4.10. The normalized spacial score (nSPS) is 10.4. The average molecular weight is 235 g/mol. The number of aromatic nitrogens is 2. The fourth-order valence-corrected chi connectivity index (χ4v) is 1.79. The van der Waals surface area contributed by atoms with E-state index in [1.165, 1.54) is 0 Å². The number of rotatable bonds is 1. The second-order valence-electron chi connectivity index (χ2n) is 3.60. The van der Waals surface area contributed by atoms with Crippen LogP contribution < -0.4 is 5.56 Å². The van der Waals surface area contributed by atoms with Gasteiger partial charge < -0.3 is 4.98 Å². The molecule has 2 aromatic rings. The van der Waals surface area contributed by atoms with Gasteiger partial charge in [-0.3, -0.25) is 4.79 Å². The highest BCUT2D eigenvalue weighted by Gasteiger charge is 2.10. The van der Waals surface area contributed by atoms with Gasteiger partial charge in [-0.15, -0.1) is 0 Å². The first-order valence-electron chi connectivity index (χ1n) is 4.92. The third kappa shape index (κ3) is 1.86. The van der Waals surface area contributed by atoms with Crippen molar-refractivity contribution in [1.82, 2.24) is 9.97 Å². The molecular weight excluding hydrogens is 224 g/mol. The lowest BCUT2D eigenvalue weighted by Gasteiger charge is -2.07. The Hall–Kier alpha value is -1.61. The van der Waals surface area contributed by atoms with Crippen LogP contribution in [0.2, 0.25) is 5.02 Å². The predicted octanol–water partition coefficient (Wildman–Crippen LogP) is 2.71. The molecule has 3 nitrogen and oxygen atoms in total. The van der Waals surface area contributed by atoms with Gasteiger partial charge in [-0.2, -0.15) is 0 Å². The van der Waals surface area contributed by atoms with E-state index in [-0.39, 0.29) is 5.56 Å². The van der Waals surface area contributed by atoms with Crippen LogP contribution >= 0.6 is 11.6 Å². The summed E-state index contributed by atoms with van der Waals surface area (Å²) in [5.74, 6) is 0.588. The zero-order chi connectivity index (χ0) is 11.7. The van der Waals surface area contributed by atoms with E-state index in [4.69, 9.17) is 11.6 Å². The van der Waals surface area contributed by atoms with Crippen LogP contribution in [0.5, 0.6) is 0 Å². The molecule has 0 bridgehead atoms. The maximum Gasteiger partial charge on any atom is 0.254 e. The van der Waals surface area contributed by atoms with Gasteiger partial charge in [0.2, 0.25) is 0 Å². The predicted molar refractivity (Wildman–Crippen MR) is 64.8 cm³/mol. The van der Waals surface area contributed by atoms with Crippen LogP contribution in [0.25, 0.3) is 11.3 Å². The van der Waals surface area contributed by atoms with Crippen LogP contribution in [0.4, 0.5) is 0 Å². The summed E-state index contributed by atoms with van der Waals surface area (Å²) in [4.78, 5) is 18.6. The lowest BCUT2D eigenvalue weighted by atomic mass is 10.1. The second-order valence-corrected chi connectivity index (χ2v) is 4.01. The summed E-state index contributed by atoms with van der Waals surface area (Å²) >= 11 is 6.08. The van der Waals surface area contributed by atoms with Crippen molar-refractivity contribution in [3.63, 3.8) is 0 Å². The molecule has 1 heterocycles. The summed E-state index contributed by atoms with van der Waals surface area (Å²) < 4.78 is 0. The van der Waals surface area contributed by atoms with E-state index in [2.05, 4.69) is 9.97 Å². The molecule has 0 aliphatic heterocycles. The Morgan fingerprint density at radius 1 is 1.25 bits per heavy atom. The molecule has 2 rings (SSSR count). The van der Waals surface area contributed by atoms with E-state index in [1.807, 2.05) is 18.2 Å². The van der Waals surface area contributed by atoms with Crippen molar-refractivity contribution in [2.75, 3.05) is 0 Å². The monoisotopic (exact) mass is 234 g/mol. The molecule has 4 heteroatoms. The minimum Gasteiger partial charge on any atom is -0.311 e. The molecule has 0 saturated heterocycles. The lowest BCUT2D eigenvalue weighted by Crippen LogP contribution is -2.14. The third-order valence-corrected chi connectivity index (χ3v) is 2.73. The van der Waals surface area contributed by atoms with Crippen molar-refractivity contribution in [3.8, 4) is 11.3 Å². The summed E-state index contributed by atoms with van der Waals surface area (Å²) in [6.07, 6.45) is 0. The first-order valence-corrected chi connectivity index (χ1v) is 5.30. The van der Waals surface area contributed by atoms with Gasteiger partial charge in [0, 0.05) is 16.1 Å². The number of nitrogens with zero attached hydrogens (tertiary/aromatic N) is 1. The first-order chi connectivity index (χ1) is 7.59. The topological polar surface area (TPSA) is 45.8 Å². The Balaban J connectivity index is 2.74. The molecule has 1 aromatic heterocycles. The molecule has 0 amide bonds. The van der Waals surface area contributed by atoms with Crippen LogP contribution in [0, 0.1) is 13.8 Å². The third-order valence-electron chi connectivity index (χ3n) is 2.40. The van der Waals surface area contributed by atoms with Crippen LogP contribution in [0.15, 0.2) is 29.1 Å². The zero-order valence-electron chi connectivity index (χ0n) is 9.04. The number of H-pyrrole nitrogens is 1. The molecule has 16 heavy (non-hydrogen) atoms. The number of benzene rings is 1. The number of nitrogens with one attached hydrogen (secondary N) is 1. The Morgan fingerprint density at radius 2 is 1.94 bits per heavy atom. The minimum absolute atomic E-state index is 0.123. The van der Waals surface area contributed by atoms with Crippen LogP contribution in [-0.2, 0) is 0 Å². The van der Waals surface area contributed by atoms with E-state index >= 15 is 0 Å². The minimum atomic E-state index is -0.123. The van der Waals surface area contributed by atoms with Crippen LogP contribution in [0.3, 0.4) is 0 Å². The number of hydrogen-bond acceptors (Lipinski definition) is 2. The van der Waals surface area contributed by atoms with Crippen molar-refractivity contribution in [1.29, 1.82) is 0 Å². The fraction of sp³-hybridized carbons (Fsp3) is 0.167. The van der Waals surface area contributed by atoms with Gasteiger partial charge in [-0.25, -0.2) is 4.98 Å². The Kier molecular flexibility index (Phi) is 2.79. The van der Waals surface area contributed by atoms with Gasteiger partial charge in [-0.05, 0) is 19.9 Å². The van der Waals surface area contributed by atoms with Crippen molar-refractivity contribution in [2.24, 2.45) is 0 Å². The van der Waals surface area contributed by atoms with Crippen molar-refractivity contribution in [2.45, 2.75) is 13.8 Å². The highest BCUT2D eigenvalue weighted by Crippen LogP contribution is 2.26. The molecule has 0 aliphatic carbocycles. The summed E-state index contributed by atoms with van der Waals surface area (Å²) in [6.45, 7) is 3.49. The molecule has 0 unspecified atom stereocenters. The number of aromatic amines is 1. The Labute approximate surface area is 98.1 Å². The summed E-state index contributed by atoms with van der Waals surface area (Å²) in [5.41, 5.74) is 1.89.